The number of carbonyl (C=O) groups excluding carboxylic acids is 1. The van der Waals surface area contributed by atoms with Crippen LogP contribution >= 0.6 is 27.3 Å². The lowest BCUT2D eigenvalue weighted by Gasteiger charge is -2.38. The third-order valence-electron chi connectivity index (χ3n) is 3.35. The van der Waals surface area contributed by atoms with E-state index in [1.807, 2.05) is 13.8 Å². The number of carbonyl (C=O) groups is 1. The van der Waals surface area contributed by atoms with Crippen LogP contribution in [0.3, 0.4) is 0 Å². The van der Waals surface area contributed by atoms with Crippen molar-refractivity contribution < 1.29 is 17.9 Å². The molecule has 0 saturated carbocycles. The van der Waals surface area contributed by atoms with E-state index in [9.17, 15) is 13.2 Å². The molecule has 21 heavy (non-hydrogen) atoms. The van der Waals surface area contributed by atoms with Crippen molar-refractivity contribution in [2.75, 3.05) is 20.2 Å². The van der Waals surface area contributed by atoms with Crippen LogP contribution in [0.2, 0.25) is 0 Å². The molecule has 0 aromatic carbocycles. The fourth-order valence-corrected chi connectivity index (χ4v) is 6.69. The van der Waals surface area contributed by atoms with Gasteiger partial charge in [-0.25, -0.2) is 13.2 Å². The van der Waals surface area contributed by atoms with Crippen LogP contribution in [0.1, 0.15) is 23.5 Å². The Morgan fingerprint density at radius 3 is 2.52 bits per heavy atom. The van der Waals surface area contributed by atoms with Crippen molar-refractivity contribution in [1.82, 2.24) is 9.62 Å². The summed E-state index contributed by atoms with van der Waals surface area (Å²) in [6.07, 6.45) is 0. The number of methoxy groups -OCH3 is 1. The van der Waals surface area contributed by atoms with Gasteiger partial charge in [0.2, 0.25) is 10.0 Å². The van der Waals surface area contributed by atoms with Gasteiger partial charge in [-0.05, 0) is 35.8 Å². The van der Waals surface area contributed by atoms with Crippen LogP contribution in [-0.2, 0) is 14.8 Å². The molecule has 0 amide bonds. The number of esters is 1. The zero-order chi connectivity index (χ0) is 15.8. The largest absolute Gasteiger partial charge is 0.465 e. The first-order chi connectivity index (χ1) is 9.78. The Kier molecular flexibility index (Phi) is 5.09. The predicted molar refractivity (Wildman–Crippen MR) is 84.2 cm³/mol. The van der Waals surface area contributed by atoms with Crippen LogP contribution in [0.4, 0.5) is 0 Å². The summed E-state index contributed by atoms with van der Waals surface area (Å²) < 4.78 is 32.3. The summed E-state index contributed by atoms with van der Waals surface area (Å²) in [5.41, 5.74) is 0. The quantitative estimate of drug-likeness (QED) is 0.786. The van der Waals surface area contributed by atoms with Gasteiger partial charge in [-0.3, -0.25) is 0 Å². The van der Waals surface area contributed by atoms with E-state index in [4.69, 9.17) is 0 Å². The number of ether oxygens (including phenoxy) is 1. The van der Waals surface area contributed by atoms with Crippen LogP contribution in [0.15, 0.2) is 14.7 Å². The fourth-order valence-electron chi connectivity index (χ4n) is 2.43. The Balaban J connectivity index is 2.44. The van der Waals surface area contributed by atoms with Gasteiger partial charge in [0.05, 0.1) is 10.9 Å². The number of thiophene rings is 1. The number of sulfonamides is 1. The monoisotopic (exact) mass is 396 g/mol. The SMILES string of the molecule is COC(=O)c1cc(S(=O)(=O)N2C(C)CNCC2C)c(Br)s1. The highest BCUT2D eigenvalue weighted by Gasteiger charge is 2.37. The zero-order valence-corrected chi connectivity index (χ0v) is 15.1. The first-order valence-corrected chi connectivity index (χ1v) is 9.46. The van der Waals surface area contributed by atoms with Crippen molar-refractivity contribution in [3.8, 4) is 0 Å². The smallest absolute Gasteiger partial charge is 0.348 e. The van der Waals surface area contributed by atoms with Gasteiger partial charge < -0.3 is 10.1 Å². The maximum Gasteiger partial charge on any atom is 0.348 e. The molecular formula is C12H17BrN2O4S2. The maximum atomic E-state index is 12.9. The molecule has 1 aromatic heterocycles. The normalized spacial score (nSPS) is 24.0. The van der Waals surface area contributed by atoms with Gasteiger partial charge >= 0.3 is 5.97 Å². The van der Waals surface area contributed by atoms with Crippen molar-refractivity contribution in [3.05, 3.63) is 14.7 Å². The standard InChI is InChI=1S/C12H17BrN2O4S2/c1-7-5-14-6-8(2)15(7)21(17,18)10-4-9(12(16)19-3)20-11(10)13/h4,7-8,14H,5-6H2,1-3H3. The molecule has 1 saturated heterocycles. The van der Waals surface area contributed by atoms with E-state index in [1.165, 1.54) is 17.5 Å². The van der Waals surface area contributed by atoms with Crippen molar-refractivity contribution in [2.45, 2.75) is 30.8 Å². The average molecular weight is 397 g/mol. The lowest BCUT2D eigenvalue weighted by atomic mass is 10.2. The van der Waals surface area contributed by atoms with E-state index in [-0.39, 0.29) is 21.9 Å². The fraction of sp³-hybridized carbons (Fsp3) is 0.583. The molecule has 1 fully saturated rings. The van der Waals surface area contributed by atoms with Crippen LogP contribution in [0, 0.1) is 0 Å². The Morgan fingerprint density at radius 2 is 2.00 bits per heavy atom. The van der Waals surface area contributed by atoms with E-state index in [1.54, 1.807) is 0 Å². The molecule has 1 aromatic rings. The van der Waals surface area contributed by atoms with Gasteiger partial charge in [0.15, 0.2) is 0 Å². The topological polar surface area (TPSA) is 75.7 Å². The molecule has 2 unspecified atom stereocenters. The zero-order valence-electron chi connectivity index (χ0n) is 11.9. The highest BCUT2D eigenvalue weighted by atomic mass is 79.9. The van der Waals surface area contributed by atoms with E-state index in [2.05, 4.69) is 26.0 Å². The van der Waals surface area contributed by atoms with Crippen LogP contribution in [-0.4, -0.2) is 51.0 Å². The molecule has 0 bridgehead atoms. The van der Waals surface area contributed by atoms with Crippen LogP contribution in [0.5, 0.6) is 0 Å². The first kappa shape index (κ1) is 16.9. The second-order valence-electron chi connectivity index (χ2n) is 4.93. The predicted octanol–water partition coefficient (Wildman–Crippen LogP) is 1.67. The molecule has 118 valence electrons. The number of nitrogens with zero attached hydrogens (tertiary/aromatic N) is 1. The maximum absolute atomic E-state index is 12.9. The van der Waals surface area contributed by atoms with Gasteiger partial charge in [0, 0.05) is 25.2 Å². The highest BCUT2D eigenvalue weighted by Crippen LogP contribution is 2.35. The third-order valence-corrected chi connectivity index (χ3v) is 7.71. The molecule has 2 heterocycles. The lowest BCUT2D eigenvalue weighted by Crippen LogP contribution is -2.57. The molecule has 1 aliphatic heterocycles. The second-order valence-corrected chi connectivity index (χ2v) is 9.11. The second kappa shape index (κ2) is 6.33. The van der Waals surface area contributed by atoms with Gasteiger partial charge in [0.25, 0.3) is 0 Å². The molecule has 0 radical (unpaired) electrons. The van der Waals surface area contributed by atoms with E-state index < -0.39 is 16.0 Å². The lowest BCUT2D eigenvalue weighted by molar-refractivity contribution is 0.0606. The summed E-state index contributed by atoms with van der Waals surface area (Å²) in [7, 11) is -2.39. The number of halogens is 1. The number of nitrogens with one attached hydrogen (secondary N) is 1. The molecule has 9 heteroatoms. The Bertz CT molecular complexity index is 634. The molecule has 0 spiro atoms. The molecule has 2 rings (SSSR count). The Labute approximate surface area is 136 Å². The summed E-state index contributed by atoms with van der Waals surface area (Å²) in [5, 5.41) is 3.20. The minimum absolute atomic E-state index is 0.119. The third kappa shape index (κ3) is 3.16. The van der Waals surface area contributed by atoms with Crippen molar-refractivity contribution in [2.24, 2.45) is 0 Å². The average Bonchev–Trinajstić information content (AvgIpc) is 2.80. The minimum Gasteiger partial charge on any atom is -0.465 e. The molecule has 2 atom stereocenters. The van der Waals surface area contributed by atoms with Crippen LogP contribution < -0.4 is 5.32 Å². The van der Waals surface area contributed by atoms with Gasteiger partial charge in [-0.1, -0.05) is 0 Å². The summed E-state index contributed by atoms with van der Waals surface area (Å²) in [4.78, 5) is 11.9. The van der Waals surface area contributed by atoms with Gasteiger partial charge in [-0.2, -0.15) is 4.31 Å². The summed E-state index contributed by atoms with van der Waals surface area (Å²) in [5.74, 6) is -0.538. The minimum atomic E-state index is -3.66. The van der Waals surface area contributed by atoms with Crippen molar-refractivity contribution in [1.29, 1.82) is 0 Å². The summed E-state index contributed by atoms with van der Waals surface area (Å²) >= 11 is 4.31. The Hall–Kier alpha value is -0.480. The van der Waals surface area contributed by atoms with Gasteiger partial charge in [0.1, 0.15) is 9.77 Å². The molecule has 0 aliphatic carbocycles. The molecule has 6 nitrogen and oxygen atoms in total. The van der Waals surface area contributed by atoms with E-state index in [0.29, 0.717) is 16.9 Å². The summed E-state index contributed by atoms with van der Waals surface area (Å²) in [6, 6.07) is 1.08. The van der Waals surface area contributed by atoms with E-state index in [0.717, 1.165) is 11.3 Å². The number of rotatable bonds is 3. The van der Waals surface area contributed by atoms with Crippen molar-refractivity contribution >= 4 is 43.3 Å². The number of hydrogen-bond donors (Lipinski definition) is 1. The molecular weight excluding hydrogens is 380 g/mol. The van der Waals surface area contributed by atoms with Crippen molar-refractivity contribution in [3.63, 3.8) is 0 Å². The first-order valence-electron chi connectivity index (χ1n) is 6.41. The van der Waals surface area contributed by atoms with Gasteiger partial charge in [-0.15, -0.1) is 11.3 Å². The van der Waals surface area contributed by atoms with Crippen LogP contribution in [0.25, 0.3) is 0 Å². The highest BCUT2D eigenvalue weighted by molar-refractivity contribution is 9.11. The van der Waals surface area contributed by atoms with E-state index >= 15 is 0 Å². The Morgan fingerprint density at radius 1 is 1.43 bits per heavy atom. The number of hydrogen-bond acceptors (Lipinski definition) is 6. The number of piperazine rings is 1. The molecule has 1 N–H and O–H groups in total. The summed E-state index contributed by atoms with van der Waals surface area (Å²) in [6.45, 7) is 4.94. The molecule has 1 aliphatic rings.